The molecule has 0 aliphatic rings. The molecule has 0 radical (unpaired) electrons. The highest BCUT2D eigenvalue weighted by atomic mass is 31.1. The van der Waals surface area contributed by atoms with Crippen LogP contribution >= 0.6 is 7.68 Å². The Hall–Kier alpha value is -0.400. The zero-order valence-electron chi connectivity index (χ0n) is 23.2. The third kappa shape index (κ3) is 16.0. The normalized spacial score (nSPS) is 14.1. The van der Waals surface area contributed by atoms with Gasteiger partial charge in [-0.15, -0.1) is 0 Å². The smallest absolute Gasteiger partial charge is 0.314 e. The van der Waals surface area contributed by atoms with Gasteiger partial charge in [0.25, 0.3) is 0 Å². The van der Waals surface area contributed by atoms with Crippen LogP contribution in [0.25, 0.3) is 0 Å². The van der Waals surface area contributed by atoms with Crippen LogP contribution in [-0.4, -0.2) is 30.9 Å². The molecule has 0 bridgehead atoms. The average molecular weight is 485 g/mol. The predicted molar refractivity (Wildman–Crippen MR) is 147 cm³/mol. The third-order valence-corrected chi connectivity index (χ3v) is 9.05. The van der Waals surface area contributed by atoms with Crippen molar-refractivity contribution in [3.8, 4) is 0 Å². The summed E-state index contributed by atoms with van der Waals surface area (Å²) in [6.07, 6.45) is 31.2. The molecule has 4 heteroatoms. The van der Waals surface area contributed by atoms with Crippen molar-refractivity contribution in [2.75, 3.05) is 21.1 Å². The van der Waals surface area contributed by atoms with Crippen LogP contribution in [0, 0.1) is 0 Å². The minimum absolute atomic E-state index is 0.515. The van der Waals surface area contributed by atoms with E-state index < -0.39 is 13.0 Å². The van der Waals surface area contributed by atoms with Gasteiger partial charge in [-0.05, 0) is 38.5 Å². The first kappa shape index (κ1) is 32.6. The maximum absolute atomic E-state index is 12.1. The lowest BCUT2D eigenvalue weighted by Crippen LogP contribution is -2.53. The van der Waals surface area contributed by atoms with E-state index in [1.54, 1.807) is 0 Å². The quantitative estimate of drug-likeness (QED) is 0.0591. The van der Waals surface area contributed by atoms with E-state index in [0.717, 1.165) is 32.1 Å². The molecule has 196 valence electrons. The second-order valence-corrected chi connectivity index (χ2v) is 12.5. The summed E-state index contributed by atoms with van der Waals surface area (Å²) in [7, 11) is 3.66. The van der Waals surface area contributed by atoms with Crippen LogP contribution in [0.2, 0.25) is 0 Å². The van der Waals surface area contributed by atoms with Gasteiger partial charge in [-0.3, -0.25) is 0 Å². The standard InChI is InChI=1S/C29H59NO2P/c1-6-8-9-10-11-12-13-14-15-16-17-18-19-20-21-22-23-24-25-26-28-29(27-7-2,33(31)32)30(3,4)5/h20-21H,6-19,22-28H2,1-5H3/q+1. The van der Waals surface area contributed by atoms with E-state index in [0.29, 0.717) is 4.48 Å². The lowest BCUT2D eigenvalue weighted by molar-refractivity contribution is -0.908. The molecule has 0 saturated heterocycles. The van der Waals surface area contributed by atoms with Crippen molar-refractivity contribution in [3.05, 3.63) is 12.2 Å². The Morgan fingerprint density at radius 2 is 0.939 bits per heavy atom. The molecule has 0 aromatic rings. The Kier molecular flexibility index (Phi) is 20.7. The number of allylic oxidation sites excluding steroid dienone is 2. The van der Waals surface area contributed by atoms with Gasteiger partial charge < -0.3 is 4.48 Å². The maximum Gasteiger partial charge on any atom is 0.378 e. The van der Waals surface area contributed by atoms with Gasteiger partial charge in [0.15, 0.2) is 0 Å². The summed E-state index contributed by atoms with van der Waals surface area (Å²) in [5, 5.41) is -0.599. The third-order valence-electron chi connectivity index (χ3n) is 7.33. The Morgan fingerprint density at radius 3 is 1.30 bits per heavy atom. The molecule has 0 aromatic carbocycles. The van der Waals surface area contributed by atoms with Gasteiger partial charge in [-0.2, -0.15) is 0 Å². The summed E-state index contributed by atoms with van der Waals surface area (Å²) in [5.41, 5.74) is 0. The van der Waals surface area contributed by atoms with Gasteiger partial charge in [-0.1, -0.05) is 109 Å². The fraction of sp³-hybridized carbons (Fsp3) is 0.931. The van der Waals surface area contributed by atoms with E-state index in [1.807, 2.05) is 21.1 Å². The lowest BCUT2D eigenvalue weighted by atomic mass is 9.99. The topological polar surface area (TPSA) is 34.1 Å². The van der Waals surface area contributed by atoms with Gasteiger partial charge in [0.1, 0.15) is 0 Å². The van der Waals surface area contributed by atoms with Crippen LogP contribution in [-0.2, 0) is 9.13 Å². The molecule has 1 unspecified atom stereocenters. The fourth-order valence-electron chi connectivity index (χ4n) is 4.99. The molecule has 33 heavy (non-hydrogen) atoms. The van der Waals surface area contributed by atoms with Gasteiger partial charge in [0.2, 0.25) is 5.28 Å². The number of hydrogen-bond acceptors (Lipinski definition) is 2. The van der Waals surface area contributed by atoms with Crippen LogP contribution in [0.4, 0.5) is 0 Å². The molecule has 0 heterocycles. The highest BCUT2D eigenvalue weighted by molar-refractivity contribution is 7.32. The van der Waals surface area contributed by atoms with E-state index in [2.05, 4.69) is 26.0 Å². The van der Waals surface area contributed by atoms with Crippen LogP contribution < -0.4 is 0 Å². The summed E-state index contributed by atoms with van der Waals surface area (Å²) >= 11 is 0. The molecule has 3 nitrogen and oxygen atoms in total. The highest BCUT2D eigenvalue weighted by Gasteiger charge is 2.47. The molecule has 0 fully saturated rings. The van der Waals surface area contributed by atoms with E-state index >= 15 is 0 Å². The second kappa shape index (κ2) is 20.9. The zero-order valence-corrected chi connectivity index (χ0v) is 24.1. The number of quaternary nitrogens is 1. The number of unbranched alkanes of at least 4 members (excludes halogenated alkanes) is 16. The highest BCUT2D eigenvalue weighted by Crippen LogP contribution is 2.44. The molecule has 0 rings (SSSR count). The molecule has 0 spiro atoms. The van der Waals surface area contributed by atoms with Crippen molar-refractivity contribution in [2.24, 2.45) is 0 Å². The van der Waals surface area contributed by atoms with Crippen molar-refractivity contribution in [2.45, 2.75) is 154 Å². The van der Waals surface area contributed by atoms with Gasteiger partial charge in [0, 0.05) is 12.8 Å². The first-order valence-corrected chi connectivity index (χ1v) is 15.6. The monoisotopic (exact) mass is 484 g/mol. The largest absolute Gasteiger partial charge is 0.378 e. The molecule has 1 atom stereocenters. The number of rotatable bonds is 24. The predicted octanol–water partition coefficient (Wildman–Crippen LogP) is 10.3. The van der Waals surface area contributed by atoms with Gasteiger partial charge >= 0.3 is 7.68 Å². The molecule has 0 amide bonds. The Labute approximate surface area is 208 Å². The molecule has 0 saturated carbocycles. The van der Waals surface area contributed by atoms with Crippen molar-refractivity contribution < 1.29 is 13.6 Å². The first-order chi connectivity index (χ1) is 15.8. The van der Waals surface area contributed by atoms with E-state index in [-0.39, 0.29) is 0 Å². The minimum atomic E-state index is -2.43. The molecule has 0 aliphatic heterocycles. The van der Waals surface area contributed by atoms with E-state index in [4.69, 9.17) is 0 Å². The lowest BCUT2D eigenvalue weighted by Gasteiger charge is -2.41. The summed E-state index contributed by atoms with van der Waals surface area (Å²) in [6, 6.07) is 0. The summed E-state index contributed by atoms with van der Waals surface area (Å²) < 4.78 is 24.7. The minimum Gasteiger partial charge on any atom is -0.314 e. The Bertz CT molecular complexity index is 528. The SMILES string of the molecule is CCCCCCCCCCCCCCC=CCCCCCCC(CCC)(P(=O)=O)[N+](C)(C)C. The van der Waals surface area contributed by atoms with Crippen LogP contribution in [0.15, 0.2) is 12.2 Å². The molecule has 0 aliphatic carbocycles. The van der Waals surface area contributed by atoms with Crippen LogP contribution in [0.3, 0.4) is 0 Å². The Morgan fingerprint density at radius 1 is 0.545 bits per heavy atom. The van der Waals surface area contributed by atoms with Crippen molar-refractivity contribution >= 4 is 7.68 Å². The van der Waals surface area contributed by atoms with E-state index in [9.17, 15) is 9.13 Å². The molecular formula is C29H59NO2P+. The number of hydrogen-bond donors (Lipinski definition) is 0. The van der Waals surface area contributed by atoms with Crippen LogP contribution in [0.5, 0.6) is 0 Å². The fourth-order valence-corrected chi connectivity index (χ4v) is 6.22. The van der Waals surface area contributed by atoms with Gasteiger partial charge in [0.05, 0.1) is 21.1 Å². The second-order valence-electron chi connectivity index (χ2n) is 11.1. The first-order valence-electron chi connectivity index (χ1n) is 14.4. The molecule has 0 aromatic heterocycles. The molecule has 0 N–H and O–H groups in total. The van der Waals surface area contributed by atoms with E-state index in [1.165, 1.54) is 103 Å². The van der Waals surface area contributed by atoms with Crippen molar-refractivity contribution in [1.29, 1.82) is 0 Å². The Balaban J connectivity index is 3.63. The van der Waals surface area contributed by atoms with Gasteiger partial charge in [-0.25, -0.2) is 9.13 Å². The summed E-state index contributed by atoms with van der Waals surface area (Å²) in [4.78, 5) is 0. The van der Waals surface area contributed by atoms with Crippen molar-refractivity contribution in [1.82, 2.24) is 0 Å². The van der Waals surface area contributed by atoms with Crippen molar-refractivity contribution in [3.63, 3.8) is 0 Å². The van der Waals surface area contributed by atoms with Crippen LogP contribution in [0.1, 0.15) is 149 Å². The summed E-state index contributed by atoms with van der Waals surface area (Å²) in [6.45, 7) is 4.38. The summed E-state index contributed by atoms with van der Waals surface area (Å²) in [5.74, 6) is 0. The average Bonchev–Trinajstić information content (AvgIpc) is 2.76. The molecular weight excluding hydrogens is 425 g/mol. The zero-order chi connectivity index (χ0) is 24.8. The maximum atomic E-state index is 12.1. The number of nitrogens with zero attached hydrogens (tertiary/aromatic N) is 1.